The molecule has 88 valence electrons. The van der Waals surface area contributed by atoms with Gasteiger partial charge in [-0.15, -0.1) is 0 Å². The topological polar surface area (TPSA) is 0 Å². The Labute approximate surface area is 108 Å². The molecule has 2 heteroatoms. The first-order chi connectivity index (χ1) is 7.35. The molecule has 0 rings (SSSR count). The molecular formula is C13H24Se2. The van der Waals surface area contributed by atoms with Gasteiger partial charge in [-0.2, -0.15) is 0 Å². The summed E-state index contributed by atoms with van der Waals surface area (Å²) in [5.74, 6) is 0. The van der Waals surface area contributed by atoms with Gasteiger partial charge in [0.05, 0.1) is 0 Å². The molecule has 0 nitrogen and oxygen atoms in total. The normalized spacial score (nSPS) is 11.7. The van der Waals surface area contributed by atoms with Crippen molar-refractivity contribution in [3.8, 4) is 0 Å². The first-order valence-electron chi connectivity index (χ1n) is 5.89. The van der Waals surface area contributed by atoms with E-state index in [0.717, 1.165) is 36.3 Å². The van der Waals surface area contributed by atoms with Crippen LogP contribution in [0.5, 0.6) is 0 Å². The molecule has 0 aliphatic rings. The van der Waals surface area contributed by atoms with Crippen molar-refractivity contribution in [2.24, 2.45) is 0 Å². The van der Waals surface area contributed by atoms with Crippen LogP contribution in [0.4, 0.5) is 0 Å². The van der Waals surface area contributed by atoms with Crippen molar-refractivity contribution in [3.63, 3.8) is 0 Å². The average Bonchev–Trinajstić information content (AvgIpc) is 2.24. The van der Waals surface area contributed by atoms with Crippen LogP contribution in [0.2, 0.25) is 10.6 Å². The number of unbranched alkanes of at least 4 members (excludes halogenated alkanes) is 2. The van der Waals surface area contributed by atoms with Crippen molar-refractivity contribution >= 4 is 29.9 Å². The van der Waals surface area contributed by atoms with E-state index in [2.05, 4.69) is 31.5 Å². The average molecular weight is 338 g/mol. The van der Waals surface area contributed by atoms with Crippen LogP contribution < -0.4 is 0 Å². The molecule has 0 aromatic carbocycles. The van der Waals surface area contributed by atoms with Crippen molar-refractivity contribution in [3.05, 3.63) is 22.1 Å². The summed E-state index contributed by atoms with van der Waals surface area (Å²) in [6.45, 7) is 8.40. The Hall–Kier alpha value is 0.519. The molecule has 0 aromatic heterocycles. The van der Waals surface area contributed by atoms with Crippen molar-refractivity contribution in [1.29, 1.82) is 0 Å². The van der Waals surface area contributed by atoms with Gasteiger partial charge in [0.25, 0.3) is 0 Å². The number of rotatable bonds is 10. The molecule has 0 radical (unpaired) electrons. The van der Waals surface area contributed by atoms with Crippen LogP contribution in [0.1, 0.15) is 46.0 Å². The minimum atomic E-state index is 0.748. The summed E-state index contributed by atoms with van der Waals surface area (Å²) in [4.78, 5) is 2.54. The van der Waals surface area contributed by atoms with Crippen LogP contribution in [-0.2, 0) is 0 Å². The van der Waals surface area contributed by atoms with Crippen LogP contribution in [-0.4, -0.2) is 29.9 Å². The fourth-order valence-corrected chi connectivity index (χ4v) is 6.38. The summed E-state index contributed by atoms with van der Waals surface area (Å²) < 4.78 is 1.70. The van der Waals surface area contributed by atoms with E-state index >= 15 is 0 Å². The third-order valence-electron chi connectivity index (χ3n) is 1.96. The van der Waals surface area contributed by atoms with Crippen LogP contribution in [0, 0.1) is 0 Å². The quantitative estimate of drug-likeness (QED) is 0.317. The molecule has 0 aliphatic heterocycles. The zero-order valence-corrected chi connectivity index (χ0v) is 13.6. The summed E-state index contributed by atoms with van der Waals surface area (Å²) >= 11 is 1.50. The van der Waals surface area contributed by atoms with Crippen molar-refractivity contribution in [2.45, 2.75) is 56.6 Å². The van der Waals surface area contributed by atoms with Crippen molar-refractivity contribution in [1.82, 2.24) is 0 Å². The summed E-state index contributed by atoms with van der Waals surface area (Å²) in [6, 6.07) is 0. The fourth-order valence-electron chi connectivity index (χ4n) is 1.01. The van der Waals surface area contributed by atoms with Crippen LogP contribution in [0.25, 0.3) is 0 Å². The predicted molar refractivity (Wildman–Crippen MR) is 73.8 cm³/mol. The molecule has 0 saturated carbocycles. The first-order valence-corrected chi connectivity index (χ1v) is 10.2. The van der Waals surface area contributed by atoms with E-state index in [9.17, 15) is 0 Å². The molecule has 0 amide bonds. The first kappa shape index (κ1) is 15.5. The third-order valence-corrected chi connectivity index (χ3v) is 7.17. The molecule has 0 unspecified atom stereocenters. The van der Waals surface area contributed by atoms with Crippen molar-refractivity contribution < 1.29 is 0 Å². The zero-order valence-electron chi connectivity index (χ0n) is 10.1. The number of allylic oxidation sites excluding steroid dienone is 2. The van der Waals surface area contributed by atoms with Crippen LogP contribution in [0.3, 0.4) is 0 Å². The van der Waals surface area contributed by atoms with E-state index < -0.39 is 0 Å². The summed E-state index contributed by atoms with van der Waals surface area (Å²) in [5, 5.41) is 2.85. The monoisotopic (exact) mass is 340 g/mol. The van der Waals surface area contributed by atoms with Gasteiger partial charge in [0, 0.05) is 0 Å². The van der Waals surface area contributed by atoms with Gasteiger partial charge in [-0.3, -0.25) is 0 Å². The van der Waals surface area contributed by atoms with E-state index in [1.807, 2.05) is 0 Å². The van der Waals surface area contributed by atoms with Gasteiger partial charge >= 0.3 is 109 Å². The van der Waals surface area contributed by atoms with Gasteiger partial charge in [-0.25, -0.2) is 0 Å². The molecule has 15 heavy (non-hydrogen) atoms. The zero-order chi connectivity index (χ0) is 11.4. The SMILES string of the molecule is C=CC/C(=C/[Se]CCCC)[Se]CCCC. The van der Waals surface area contributed by atoms with Gasteiger partial charge in [-0.05, 0) is 0 Å². The second-order valence-corrected chi connectivity index (χ2v) is 8.12. The molecule has 0 N–H and O–H groups in total. The van der Waals surface area contributed by atoms with Crippen LogP contribution in [0.15, 0.2) is 22.1 Å². The van der Waals surface area contributed by atoms with E-state index in [-0.39, 0.29) is 0 Å². The van der Waals surface area contributed by atoms with E-state index in [1.165, 1.54) is 36.3 Å². The molecule has 0 heterocycles. The third kappa shape index (κ3) is 10.8. The van der Waals surface area contributed by atoms with Gasteiger partial charge in [0.1, 0.15) is 0 Å². The molecule has 0 bridgehead atoms. The molecule has 0 aliphatic carbocycles. The van der Waals surface area contributed by atoms with Gasteiger partial charge in [0.15, 0.2) is 0 Å². The molecule has 0 aromatic rings. The Morgan fingerprint density at radius 3 is 2.40 bits per heavy atom. The minimum absolute atomic E-state index is 0.748. The molecule has 0 spiro atoms. The van der Waals surface area contributed by atoms with Gasteiger partial charge < -0.3 is 0 Å². The molecule has 0 fully saturated rings. The predicted octanol–water partition coefficient (Wildman–Crippen LogP) is 4.25. The summed E-state index contributed by atoms with van der Waals surface area (Å²) in [5.41, 5.74) is 0. The Balaban J connectivity index is 3.73. The van der Waals surface area contributed by atoms with E-state index in [4.69, 9.17) is 0 Å². The Bertz CT molecular complexity index is 173. The van der Waals surface area contributed by atoms with Crippen molar-refractivity contribution in [2.75, 3.05) is 0 Å². The second-order valence-electron chi connectivity index (χ2n) is 3.50. The summed E-state index contributed by atoms with van der Waals surface area (Å²) in [6.07, 6.45) is 8.68. The van der Waals surface area contributed by atoms with E-state index in [0.29, 0.717) is 0 Å². The maximum atomic E-state index is 3.85. The molecular weight excluding hydrogens is 314 g/mol. The Morgan fingerprint density at radius 2 is 1.80 bits per heavy atom. The number of hydrogen-bond donors (Lipinski definition) is 0. The van der Waals surface area contributed by atoms with Gasteiger partial charge in [0.2, 0.25) is 0 Å². The molecule has 0 saturated heterocycles. The second kappa shape index (κ2) is 12.6. The molecule has 0 atom stereocenters. The maximum absolute atomic E-state index is 3.85. The fraction of sp³-hybridized carbons (Fsp3) is 0.692. The Morgan fingerprint density at radius 1 is 1.13 bits per heavy atom. The Kier molecular flexibility index (Phi) is 13.0. The number of hydrogen-bond acceptors (Lipinski definition) is 0. The van der Waals surface area contributed by atoms with E-state index in [1.54, 1.807) is 4.47 Å². The summed E-state index contributed by atoms with van der Waals surface area (Å²) in [7, 11) is 0. The van der Waals surface area contributed by atoms with Crippen LogP contribution >= 0.6 is 0 Å². The van der Waals surface area contributed by atoms with Gasteiger partial charge in [-0.1, -0.05) is 0 Å². The standard InChI is InChI=1S/C13H24Se2/c1-4-7-10-14-12-13(9-6-3)15-11-8-5-2/h6,12H,3-5,7-11H2,1-2H3/b13-12-.